The van der Waals surface area contributed by atoms with E-state index in [-0.39, 0.29) is 5.91 Å². The molecule has 0 spiro atoms. The lowest BCUT2D eigenvalue weighted by atomic mass is 10.2. The van der Waals surface area contributed by atoms with Gasteiger partial charge >= 0.3 is 0 Å². The predicted molar refractivity (Wildman–Crippen MR) is 64.8 cm³/mol. The number of amides is 1. The highest BCUT2D eigenvalue weighted by Crippen LogP contribution is 1.99. The number of thiocarbonyl (C=S) groups is 1. The summed E-state index contributed by atoms with van der Waals surface area (Å²) in [6.45, 7) is 3.74. The predicted octanol–water partition coefficient (Wildman–Crippen LogP) is 0.938. The highest BCUT2D eigenvalue weighted by molar-refractivity contribution is 7.80. The lowest BCUT2D eigenvalue weighted by Crippen LogP contribution is -2.36. The molecule has 15 heavy (non-hydrogen) atoms. The number of nitrogens with zero attached hydrogens (tertiary/aromatic N) is 1. The smallest absolute Gasteiger partial charge is 0.222 e. The fourth-order valence-electron chi connectivity index (χ4n) is 1.18. The first-order chi connectivity index (χ1) is 7.11. The Labute approximate surface area is 96.8 Å². The molecule has 0 rings (SSSR count). The van der Waals surface area contributed by atoms with Crippen molar-refractivity contribution in [1.29, 1.82) is 0 Å². The molecule has 5 heteroatoms. The van der Waals surface area contributed by atoms with Crippen LogP contribution in [0.2, 0.25) is 0 Å². The zero-order valence-corrected chi connectivity index (χ0v) is 10.3. The van der Waals surface area contributed by atoms with Gasteiger partial charge < -0.3 is 15.4 Å². The first-order valence-corrected chi connectivity index (χ1v) is 5.57. The number of methoxy groups -OCH3 is 1. The SMILES string of the molecule is CCCC(=O)N(CCOC)CCC(N)=S. The van der Waals surface area contributed by atoms with Crippen LogP contribution < -0.4 is 5.73 Å². The highest BCUT2D eigenvalue weighted by Gasteiger charge is 2.11. The minimum absolute atomic E-state index is 0.144. The van der Waals surface area contributed by atoms with Gasteiger partial charge in [0.1, 0.15) is 0 Å². The second kappa shape index (κ2) is 8.61. The Balaban J connectivity index is 4.04. The Morgan fingerprint density at radius 1 is 1.40 bits per heavy atom. The standard InChI is InChI=1S/C10H20N2O2S/c1-3-4-10(13)12(7-8-14-2)6-5-9(11)15/h3-8H2,1-2H3,(H2,11,15). The summed E-state index contributed by atoms with van der Waals surface area (Å²) in [5, 5.41) is 0. The molecule has 0 heterocycles. The molecule has 1 amide bonds. The molecule has 0 aliphatic carbocycles. The van der Waals surface area contributed by atoms with E-state index in [0.29, 0.717) is 37.5 Å². The molecular weight excluding hydrogens is 212 g/mol. The Morgan fingerprint density at radius 2 is 2.07 bits per heavy atom. The third kappa shape index (κ3) is 7.27. The topological polar surface area (TPSA) is 55.6 Å². The van der Waals surface area contributed by atoms with Crippen LogP contribution in [0, 0.1) is 0 Å². The average Bonchev–Trinajstić information content (AvgIpc) is 2.17. The van der Waals surface area contributed by atoms with Gasteiger partial charge in [-0.2, -0.15) is 0 Å². The van der Waals surface area contributed by atoms with Gasteiger partial charge in [-0.15, -0.1) is 0 Å². The van der Waals surface area contributed by atoms with Crippen molar-refractivity contribution in [3.8, 4) is 0 Å². The number of nitrogens with two attached hydrogens (primary N) is 1. The molecule has 0 saturated carbocycles. The van der Waals surface area contributed by atoms with Crippen molar-refractivity contribution in [2.75, 3.05) is 26.8 Å². The maximum Gasteiger partial charge on any atom is 0.222 e. The van der Waals surface area contributed by atoms with Crippen molar-refractivity contribution >= 4 is 23.1 Å². The quantitative estimate of drug-likeness (QED) is 0.633. The van der Waals surface area contributed by atoms with Gasteiger partial charge in [-0.3, -0.25) is 4.79 Å². The van der Waals surface area contributed by atoms with Crippen LogP contribution in [0.25, 0.3) is 0 Å². The number of hydrogen-bond acceptors (Lipinski definition) is 3. The van der Waals surface area contributed by atoms with Gasteiger partial charge in [0.15, 0.2) is 0 Å². The largest absolute Gasteiger partial charge is 0.393 e. The van der Waals surface area contributed by atoms with Crippen LogP contribution in [0.15, 0.2) is 0 Å². The number of rotatable bonds is 8. The molecule has 0 aromatic rings. The molecule has 0 aromatic carbocycles. The molecule has 0 aromatic heterocycles. The minimum Gasteiger partial charge on any atom is -0.393 e. The number of carbonyl (C=O) groups excluding carboxylic acids is 1. The van der Waals surface area contributed by atoms with Gasteiger partial charge in [-0.05, 0) is 6.42 Å². The number of hydrogen-bond donors (Lipinski definition) is 1. The molecule has 0 saturated heterocycles. The van der Waals surface area contributed by atoms with Gasteiger partial charge in [-0.25, -0.2) is 0 Å². The van der Waals surface area contributed by atoms with Crippen molar-refractivity contribution in [2.45, 2.75) is 26.2 Å². The summed E-state index contributed by atoms with van der Waals surface area (Å²) in [5.41, 5.74) is 5.41. The summed E-state index contributed by atoms with van der Waals surface area (Å²) in [6.07, 6.45) is 2.00. The number of ether oxygens (including phenoxy) is 1. The van der Waals surface area contributed by atoms with Crippen LogP contribution in [-0.4, -0.2) is 42.6 Å². The van der Waals surface area contributed by atoms with E-state index >= 15 is 0 Å². The minimum atomic E-state index is 0.144. The maximum absolute atomic E-state index is 11.6. The average molecular weight is 232 g/mol. The maximum atomic E-state index is 11.6. The van der Waals surface area contributed by atoms with E-state index in [0.717, 1.165) is 6.42 Å². The van der Waals surface area contributed by atoms with E-state index in [9.17, 15) is 4.79 Å². The molecule has 0 unspecified atom stereocenters. The van der Waals surface area contributed by atoms with Crippen molar-refractivity contribution in [3.63, 3.8) is 0 Å². The second-order valence-electron chi connectivity index (χ2n) is 3.34. The van der Waals surface area contributed by atoms with Crippen LogP contribution in [-0.2, 0) is 9.53 Å². The normalized spacial score (nSPS) is 10.0. The Bertz CT molecular complexity index is 210. The third-order valence-corrected chi connectivity index (χ3v) is 2.21. The van der Waals surface area contributed by atoms with E-state index in [2.05, 4.69) is 0 Å². The number of carbonyl (C=O) groups is 1. The van der Waals surface area contributed by atoms with E-state index in [1.807, 2.05) is 6.92 Å². The summed E-state index contributed by atoms with van der Waals surface area (Å²) >= 11 is 4.79. The molecule has 88 valence electrons. The van der Waals surface area contributed by atoms with Gasteiger partial charge in [0.25, 0.3) is 0 Å². The van der Waals surface area contributed by atoms with Crippen molar-refractivity contribution in [2.24, 2.45) is 5.73 Å². The first-order valence-electron chi connectivity index (χ1n) is 5.16. The van der Waals surface area contributed by atoms with Crippen molar-refractivity contribution < 1.29 is 9.53 Å². The third-order valence-electron chi connectivity index (χ3n) is 2.01. The van der Waals surface area contributed by atoms with Crippen LogP contribution in [0.5, 0.6) is 0 Å². The fraction of sp³-hybridized carbons (Fsp3) is 0.800. The summed E-state index contributed by atoms with van der Waals surface area (Å²) in [6, 6.07) is 0. The summed E-state index contributed by atoms with van der Waals surface area (Å²) in [7, 11) is 1.62. The lowest BCUT2D eigenvalue weighted by molar-refractivity contribution is -0.131. The first kappa shape index (κ1) is 14.3. The van der Waals surface area contributed by atoms with Crippen molar-refractivity contribution in [1.82, 2.24) is 4.90 Å². The Kier molecular flexibility index (Phi) is 8.22. The van der Waals surface area contributed by atoms with E-state index in [4.69, 9.17) is 22.7 Å². The highest BCUT2D eigenvalue weighted by atomic mass is 32.1. The van der Waals surface area contributed by atoms with Crippen LogP contribution >= 0.6 is 12.2 Å². The molecule has 0 atom stereocenters. The van der Waals surface area contributed by atoms with Gasteiger partial charge in [0.2, 0.25) is 5.91 Å². The molecule has 0 aliphatic rings. The molecule has 0 aliphatic heterocycles. The molecular formula is C10H20N2O2S. The van der Waals surface area contributed by atoms with E-state index in [1.165, 1.54) is 0 Å². The molecule has 0 bridgehead atoms. The molecule has 0 radical (unpaired) electrons. The van der Waals surface area contributed by atoms with Gasteiger partial charge in [-0.1, -0.05) is 19.1 Å². The lowest BCUT2D eigenvalue weighted by Gasteiger charge is -2.21. The van der Waals surface area contributed by atoms with E-state index < -0.39 is 0 Å². The zero-order chi connectivity index (χ0) is 11.7. The van der Waals surface area contributed by atoms with Crippen molar-refractivity contribution in [3.05, 3.63) is 0 Å². The van der Waals surface area contributed by atoms with E-state index in [1.54, 1.807) is 12.0 Å². The van der Waals surface area contributed by atoms with Crippen LogP contribution in [0.1, 0.15) is 26.2 Å². The van der Waals surface area contributed by atoms with Gasteiger partial charge in [0, 0.05) is 33.0 Å². The van der Waals surface area contributed by atoms with Crippen LogP contribution in [0.3, 0.4) is 0 Å². The second-order valence-corrected chi connectivity index (χ2v) is 3.86. The Morgan fingerprint density at radius 3 is 2.53 bits per heavy atom. The Hall–Kier alpha value is -0.680. The fourth-order valence-corrected chi connectivity index (χ4v) is 1.27. The van der Waals surface area contributed by atoms with Gasteiger partial charge in [0.05, 0.1) is 11.6 Å². The summed E-state index contributed by atoms with van der Waals surface area (Å²) in [4.78, 5) is 13.9. The summed E-state index contributed by atoms with van der Waals surface area (Å²) < 4.78 is 4.95. The molecule has 2 N–H and O–H groups in total. The zero-order valence-electron chi connectivity index (χ0n) is 9.49. The van der Waals surface area contributed by atoms with Crippen LogP contribution in [0.4, 0.5) is 0 Å². The molecule has 4 nitrogen and oxygen atoms in total. The summed E-state index contributed by atoms with van der Waals surface area (Å²) in [5.74, 6) is 0.144. The molecule has 0 fully saturated rings. The monoisotopic (exact) mass is 232 g/mol.